The Balaban J connectivity index is 2.87. The van der Waals surface area contributed by atoms with Crippen LogP contribution in [0.5, 0.6) is 0 Å². The third kappa shape index (κ3) is 7.81. The lowest BCUT2D eigenvalue weighted by Gasteiger charge is -2.30. The minimum absolute atomic E-state index is 0.0978. The van der Waals surface area contributed by atoms with E-state index in [9.17, 15) is 9.59 Å². The lowest BCUT2D eigenvalue weighted by atomic mass is 9.93. The van der Waals surface area contributed by atoms with Crippen molar-refractivity contribution in [3.63, 3.8) is 0 Å². The molecule has 0 spiro atoms. The number of rotatable bonds is 11. The number of carbonyl (C=O) groups is 2. The number of ketones is 2. The summed E-state index contributed by atoms with van der Waals surface area (Å²) in [7, 11) is 0. The number of nitrogens with zero attached hydrogens (tertiary/aromatic N) is 1. The molecule has 1 aromatic carbocycles. The second kappa shape index (κ2) is 10.00. The van der Waals surface area contributed by atoms with E-state index in [0.29, 0.717) is 13.1 Å². The number of aliphatic imine (C=N–C) groups is 1. The molecule has 0 bridgehead atoms. The maximum atomic E-state index is 11.8. The van der Waals surface area contributed by atoms with Gasteiger partial charge in [0, 0.05) is 13.1 Å². The minimum atomic E-state index is -0.577. The first-order valence-corrected chi connectivity index (χ1v) is 9.57. The standard InChI is InChI=1S/C21H31N3O2S/c1-15(25)20(3,4)23-12-18(13-24-21(5,6)16(2)26)11-17-7-9-19(10-8-17)22-14-27/h7-10,18,23-24H,11-13H2,1-6H3. The van der Waals surface area contributed by atoms with Crippen molar-refractivity contribution in [1.29, 1.82) is 0 Å². The van der Waals surface area contributed by atoms with E-state index in [0.717, 1.165) is 17.7 Å². The predicted molar refractivity (Wildman–Crippen MR) is 114 cm³/mol. The molecule has 5 nitrogen and oxygen atoms in total. The Bertz CT molecular complexity index is 675. The van der Waals surface area contributed by atoms with Gasteiger partial charge in [0.2, 0.25) is 0 Å². The van der Waals surface area contributed by atoms with Gasteiger partial charge in [-0.05, 0) is 83.8 Å². The first-order valence-electron chi connectivity index (χ1n) is 9.17. The molecule has 0 fully saturated rings. The molecule has 0 amide bonds. The van der Waals surface area contributed by atoms with Crippen LogP contribution in [0.15, 0.2) is 29.3 Å². The minimum Gasteiger partial charge on any atom is -0.305 e. The first kappa shape index (κ1) is 23.3. The number of isothiocyanates is 1. The van der Waals surface area contributed by atoms with Crippen molar-refractivity contribution in [2.45, 2.75) is 59.0 Å². The highest BCUT2D eigenvalue weighted by atomic mass is 32.1. The molecule has 0 aliphatic rings. The zero-order valence-corrected chi connectivity index (χ0v) is 18.0. The van der Waals surface area contributed by atoms with E-state index in [1.165, 1.54) is 0 Å². The highest BCUT2D eigenvalue weighted by molar-refractivity contribution is 7.78. The van der Waals surface area contributed by atoms with Gasteiger partial charge in [0.25, 0.3) is 0 Å². The van der Waals surface area contributed by atoms with Gasteiger partial charge >= 0.3 is 0 Å². The quantitative estimate of drug-likeness (QED) is 0.448. The Morgan fingerprint density at radius 2 is 1.44 bits per heavy atom. The molecule has 148 valence electrons. The van der Waals surface area contributed by atoms with Crippen molar-refractivity contribution in [2.75, 3.05) is 13.1 Å². The first-order chi connectivity index (χ1) is 12.5. The molecule has 0 aromatic heterocycles. The predicted octanol–water partition coefficient (Wildman–Crippen LogP) is 3.49. The molecule has 1 rings (SSSR count). The van der Waals surface area contributed by atoms with Crippen LogP contribution in [0.4, 0.5) is 5.69 Å². The van der Waals surface area contributed by atoms with Crippen molar-refractivity contribution in [3.8, 4) is 0 Å². The summed E-state index contributed by atoms with van der Waals surface area (Å²) in [6.07, 6.45) is 0.809. The van der Waals surface area contributed by atoms with Crippen LogP contribution in [0.3, 0.4) is 0 Å². The Morgan fingerprint density at radius 1 is 1.00 bits per heavy atom. The highest BCUT2D eigenvalue weighted by Crippen LogP contribution is 2.16. The molecule has 27 heavy (non-hydrogen) atoms. The summed E-state index contributed by atoms with van der Waals surface area (Å²) >= 11 is 4.63. The number of thiocarbonyl (C=S) groups is 1. The molecule has 0 radical (unpaired) electrons. The van der Waals surface area contributed by atoms with Crippen LogP contribution >= 0.6 is 12.2 Å². The lowest BCUT2D eigenvalue weighted by molar-refractivity contribution is -0.122. The molecule has 2 N–H and O–H groups in total. The van der Waals surface area contributed by atoms with Crippen molar-refractivity contribution < 1.29 is 9.59 Å². The van der Waals surface area contributed by atoms with E-state index < -0.39 is 11.1 Å². The summed E-state index contributed by atoms with van der Waals surface area (Å²) in [5, 5.41) is 9.08. The van der Waals surface area contributed by atoms with E-state index in [2.05, 4.69) is 33.0 Å². The van der Waals surface area contributed by atoms with Gasteiger partial charge in [-0.25, -0.2) is 0 Å². The van der Waals surface area contributed by atoms with Crippen molar-refractivity contribution in [3.05, 3.63) is 29.8 Å². The number of carbonyl (C=O) groups excluding carboxylic acids is 2. The van der Waals surface area contributed by atoms with Crippen LogP contribution < -0.4 is 10.6 Å². The molecule has 6 heteroatoms. The van der Waals surface area contributed by atoms with Gasteiger partial charge < -0.3 is 10.6 Å². The molecule has 0 saturated carbocycles. The summed E-state index contributed by atoms with van der Waals surface area (Å²) in [6.45, 7) is 12.0. The van der Waals surface area contributed by atoms with Gasteiger partial charge in [0.1, 0.15) is 11.6 Å². The molecule has 0 aliphatic heterocycles. The molecule has 1 aromatic rings. The number of hydrogen-bond acceptors (Lipinski definition) is 6. The highest BCUT2D eigenvalue weighted by Gasteiger charge is 2.27. The molecule has 0 aliphatic carbocycles. The zero-order valence-electron chi connectivity index (χ0n) is 17.2. The summed E-state index contributed by atoms with van der Waals surface area (Å²) < 4.78 is 0. The summed E-state index contributed by atoms with van der Waals surface area (Å²) in [5.74, 6) is 0.406. The summed E-state index contributed by atoms with van der Waals surface area (Å²) in [6, 6.07) is 7.85. The lowest BCUT2D eigenvalue weighted by Crippen LogP contribution is -2.51. The normalized spacial score (nSPS) is 12.0. The fourth-order valence-electron chi connectivity index (χ4n) is 2.36. The molecule has 0 saturated heterocycles. The Morgan fingerprint density at radius 3 is 1.81 bits per heavy atom. The maximum absolute atomic E-state index is 11.8. The summed E-state index contributed by atoms with van der Waals surface area (Å²) in [4.78, 5) is 27.6. The zero-order chi connectivity index (χ0) is 20.7. The molecule has 0 heterocycles. The fourth-order valence-corrected chi connectivity index (χ4v) is 2.46. The van der Waals surface area contributed by atoms with E-state index in [-0.39, 0.29) is 17.5 Å². The molecule has 0 unspecified atom stereocenters. The fraction of sp³-hybridized carbons (Fsp3) is 0.571. The van der Waals surface area contributed by atoms with E-state index in [1.807, 2.05) is 52.0 Å². The third-order valence-corrected chi connectivity index (χ3v) is 5.15. The van der Waals surface area contributed by atoms with Crippen LogP contribution in [-0.4, -0.2) is 40.9 Å². The average molecular weight is 390 g/mol. The number of Topliss-reactive ketones (excluding diaryl/α,β-unsaturated/α-hetero) is 2. The van der Waals surface area contributed by atoms with Gasteiger partial charge in [0.05, 0.1) is 21.9 Å². The van der Waals surface area contributed by atoms with Crippen LogP contribution in [-0.2, 0) is 16.0 Å². The monoisotopic (exact) mass is 389 g/mol. The smallest absolute Gasteiger partial charge is 0.149 e. The Kier molecular flexibility index (Phi) is 8.63. The van der Waals surface area contributed by atoms with E-state index in [4.69, 9.17) is 0 Å². The number of nitrogens with one attached hydrogen (secondary N) is 2. The molecular formula is C21H31N3O2S. The van der Waals surface area contributed by atoms with Gasteiger partial charge in [-0.1, -0.05) is 12.1 Å². The van der Waals surface area contributed by atoms with Gasteiger partial charge in [0.15, 0.2) is 0 Å². The Hall–Kier alpha value is -1.72. The van der Waals surface area contributed by atoms with Crippen LogP contribution in [0, 0.1) is 5.92 Å². The van der Waals surface area contributed by atoms with Crippen molar-refractivity contribution in [2.24, 2.45) is 10.9 Å². The van der Waals surface area contributed by atoms with Crippen LogP contribution in [0.25, 0.3) is 0 Å². The van der Waals surface area contributed by atoms with Crippen LogP contribution in [0.1, 0.15) is 47.1 Å². The summed E-state index contributed by atoms with van der Waals surface area (Å²) in [5.41, 5.74) is 0.781. The van der Waals surface area contributed by atoms with Gasteiger partial charge in [-0.15, -0.1) is 0 Å². The van der Waals surface area contributed by atoms with Gasteiger partial charge in [-0.2, -0.15) is 4.99 Å². The molecule has 0 atom stereocenters. The van der Waals surface area contributed by atoms with Gasteiger partial charge in [-0.3, -0.25) is 9.59 Å². The number of benzene rings is 1. The topological polar surface area (TPSA) is 70.6 Å². The van der Waals surface area contributed by atoms with Crippen molar-refractivity contribution >= 4 is 34.6 Å². The van der Waals surface area contributed by atoms with Crippen molar-refractivity contribution in [1.82, 2.24) is 10.6 Å². The largest absolute Gasteiger partial charge is 0.305 e. The second-order valence-electron chi connectivity index (χ2n) is 8.06. The number of hydrogen-bond donors (Lipinski definition) is 2. The third-order valence-electron chi connectivity index (χ3n) is 5.06. The maximum Gasteiger partial charge on any atom is 0.149 e. The SMILES string of the molecule is CC(=O)C(C)(C)NCC(CNC(C)(C)C(C)=O)Cc1ccc(N=C=S)cc1. The van der Waals surface area contributed by atoms with Crippen LogP contribution in [0.2, 0.25) is 0 Å². The molecular weight excluding hydrogens is 358 g/mol. The Labute approximate surface area is 168 Å². The van der Waals surface area contributed by atoms with E-state index in [1.54, 1.807) is 13.8 Å². The average Bonchev–Trinajstić information content (AvgIpc) is 2.59. The van der Waals surface area contributed by atoms with E-state index >= 15 is 0 Å². The second-order valence-corrected chi connectivity index (χ2v) is 8.25.